The lowest BCUT2D eigenvalue weighted by atomic mass is 10.3. The minimum Gasteiger partial charge on any atom is -0.354 e. The van der Waals surface area contributed by atoms with Crippen LogP contribution in [-0.4, -0.2) is 11.2 Å². The molecule has 0 saturated carbocycles. The number of rotatable bonds is 2. The first kappa shape index (κ1) is 10.5. The van der Waals surface area contributed by atoms with Gasteiger partial charge in [0.15, 0.2) is 0 Å². The summed E-state index contributed by atoms with van der Waals surface area (Å²) in [5.74, 6) is 0. The molecule has 0 spiro atoms. The van der Waals surface area contributed by atoms with Gasteiger partial charge >= 0.3 is 6.18 Å². The Morgan fingerprint density at radius 3 is 2.38 bits per heavy atom. The van der Waals surface area contributed by atoms with Gasteiger partial charge in [-0.05, 0) is 25.3 Å². The van der Waals surface area contributed by atoms with Crippen LogP contribution in [0, 0.1) is 0 Å². The minimum absolute atomic E-state index is 0.0658. The molecule has 0 aromatic carbocycles. The minimum atomic E-state index is -4.27. The van der Waals surface area contributed by atoms with E-state index in [1.807, 2.05) is 13.2 Å². The van der Waals surface area contributed by atoms with Crippen LogP contribution in [0.4, 0.5) is 13.2 Å². The van der Waals surface area contributed by atoms with Crippen molar-refractivity contribution in [3.05, 3.63) is 23.5 Å². The van der Waals surface area contributed by atoms with Gasteiger partial charge in [-0.2, -0.15) is 24.9 Å². The second kappa shape index (κ2) is 3.65. The first-order chi connectivity index (χ1) is 5.95. The van der Waals surface area contributed by atoms with Gasteiger partial charge in [0.25, 0.3) is 0 Å². The normalized spacial score (nSPS) is 14.5. The Labute approximate surface area is 78.7 Å². The molecule has 1 nitrogen and oxygen atoms in total. The number of aromatic nitrogens is 1. The topological polar surface area (TPSA) is 15.8 Å². The van der Waals surface area contributed by atoms with Crippen molar-refractivity contribution in [2.75, 3.05) is 6.26 Å². The molecular weight excluding hydrogens is 199 g/mol. The molecule has 0 radical (unpaired) electrons. The molecule has 0 amide bonds. The van der Waals surface area contributed by atoms with Gasteiger partial charge in [-0.1, -0.05) is 0 Å². The van der Waals surface area contributed by atoms with Crippen molar-refractivity contribution in [3.63, 3.8) is 0 Å². The molecule has 1 unspecified atom stereocenters. The van der Waals surface area contributed by atoms with Gasteiger partial charge < -0.3 is 4.98 Å². The van der Waals surface area contributed by atoms with Crippen LogP contribution in [0.2, 0.25) is 0 Å². The fourth-order valence-electron chi connectivity index (χ4n) is 0.941. The van der Waals surface area contributed by atoms with E-state index in [1.54, 1.807) is 0 Å². The van der Waals surface area contributed by atoms with E-state index in [-0.39, 0.29) is 5.25 Å². The number of alkyl halides is 3. The molecule has 0 fully saturated rings. The van der Waals surface area contributed by atoms with Crippen molar-refractivity contribution in [1.82, 2.24) is 4.98 Å². The van der Waals surface area contributed by atoms with Crippen LogP contribution in [0.1, 0.15) is 23.6 Å². The van der Waals surface area contributed by atoms with Crippen molar-refractivity contribution in [2.45, 2.75) is 18.3 Å². The van der Waals surface area contributed by atoms with Crippen LogP contribution in [-0.2, 0) is 6.18 Å². The number of hydrogen-bond donors (Lipinski definition) is 1. The van der Waals surface area contributed by atoms with Gasteiger partial charge in [0, 0.05) is 10.9 Å². The molecule has 0 saturated heterocycles. The van der Waals surface area contributed by atoms with Gasteiger partial charge in [0.1, 0.15) is 5.69 Å². The smallest absolute Gasteiger partial charge is 0.354 e. The predicted octanol–water partition coefficient (Wildman–Crippen LogP) is 3.46. The van der Waals surface area contributed by atoms with Crippen molar-refractivity contribution in [3.8, 4) is 0 Å². The fourth-order valence-corrected chi connectivity index (χ4v) is 1.33. The summed E-state index contributed by atoms with van der Waals surface area (Å²) >= 11 is 1.50. The highest BCUT2D eigenvalue weighted by Crippen LogP contribution is 2.31. The van der Waals surface area contributed by atoms with Crippen LogP contribution >= 0.6 is 11.8 Å². The van der Waals surface area contributed by atoms with Gasteiger partial charge in [-0.25, -0.2) is 0 Å². The lowest BCUT2D eigenvalue weighted by Gasteiger charge is -2.06. The average molecular weight is 209 g/mol. The third-order valence-electron chi connectivity index (χ3n) is 1.81. The summed E-state index contributed by atoms with van der Waals surface area (Å²) in [6, 6.07) is 2.55. The van der Waals surface area contributed by atoms with Crippen molar-refractivity contribution < 1.29 is 13.2 Å². The molecule has 0 aliphatic heterocycles. The maximum atomic E-state index is 12.1. The number of aromatic amines is 1. The molecule has 0 aliphatic rings. The molecule has 1 aromatic heterocycles. The SMILES string of the molecule is CSC(C)c1ccc(C(F)(F)F)[nH]1. The predicted molar refractivity (Wildman–Crippen MR) is 47.7 cm³/mol. The highest BCUT2D eigenvalue weighted by Gasteiger charge is 2.32. The average Bonchev–Trinajstić information content (AvgIpc) is 2.50. The van der Waals surface area contributed by atoms with Crippen LogP contribution in [0.5, 0.6) is 0 Å². The fraction of sp³-hybridized carbons (Fsp3) is 0.500. The van der Waals surface area contributed by atoms with Gasteiger partial charge in [0.05, 0.1) is 0 Å². The highest BCUT2D eigenvalue weighted by atomic mass is 32.2. The standard InChI is InChI=1S/C8H10F3NS/c1-5(13-2)6-3-4-7(12-6)8(9,10)11/h3-5,12H,1-2H3. The van der Waals surface area contributed by atoms with Crippen molar-refractivity contribution in [2.24, 2.45) is 0 Å². The molecule has 1 heterocycles. The summed E-state index contributed by atoms with van der Waals surface area (Å²) in [7, 11) is 0. The molecule has 1 N–H and O–H groups in total. The molecule has 13 heavy (non-hydrogen) atoms. The summed E-state index contributed by atoms with van der Waals surface area (Å²) in [5.41, 5.74) is -0.0665. The number of nitrogens with one attached hydrogen (secondary N) is 1. The third kappa shape index (κ3) is 2.43. The summed E-state index contributed by atoms with van der Waals surface area (Å²) < 4.78 is 36.4. The van der Waals surface area contributed by atoms with E-state index in [2.05, 4.69) is 4.98 Å². The highest BCUT2D eigenvalue weighted by molar-refractivity contribution is 7.98. The second-order valence-electron chi connectivity index (χ2n) is 2.70. The largest absolute Gasteiger partial charge is 0.431 e. The van der Waals surface area contributed by atoms with E-state index in [9.17, 15) is 13.2 Å². The molecule has 0 aliphatic carbocycles. The van der Waals surface area contributed by atoms with Crippen molar-refractivity contribution in [1.29, 1.82) is 0 Å². The van der Waals surface area contributed by atoms with E-state index in [1.165, 1.54) is 17.8 Å². The molecular formula is C8H10F3NS. The monoisotopic (exact) mass is 209 g/mol. The maximum Gasteiger partial charge on any atom is 0.431 e. The van der Waals surface area contributed by atoms with Crippen molar-refractivity contribution >= 4 is 11.8 Å². The Hall–Kier alpha value is -0.580. The van der Waals surface area contributed by atoms with E-state index < -0.39 is 11.9 Å². The summed E-state index contributed by atoms with van der Waals surface area (Å²) in [4.78, 5) is 2.36. The van der Waals surface area contributed by atoms with Crippen LogP contribution in [0.3, 0.4) is 0 Å². The molecule has 1 rings (SSSR count). The lowest BCUT2D eigenvalue weighted by molar-refractivity contribution is -0.140. The quantitative estimate of drug-likeness (QED) is 0.788. The van der Waals surface area contributed by atoms with Gasteiger partial charge in [-0.15, -0.1) is 0 Å². The van der Waals surface area contributed by atoms with Crippen LogP contribution in [0.15, 0.2) is 12.1 Å². The summed E-state index contributed by atoms with van der Waals surface area (Å²) in [6.07, 6.45) is -2.41. The van der Waals surface area contributed by atoms with Gasteiger partial charge in [-0.3, -0.25) is 0 Å². The lowest BCUT2D eigenvalue weighted by Crippen LogP contribution is -2.05. The number of hydrogen-bond acceptors (Lipinski definition) is 1. The molecule has 74 valence electrons. The zero-order valence-electron chi connectivity index (χ0n) is 7.27. The number of halogens is 3. The molecule has 0 bridgehead atoms. The second-order valence-corrected chi connectivity index (χ2v) is 3.88. The van der Waals surface area contributed by atoms with E-state index >= 15 is 0 Å². The van der Waals surface area contributed by atoms with E-state index in [0.717, 1.165) is 6.07 Å². The first-order valence-electron chi connectivity index (χ1n) is 3.74. The third-order valence-corrected chi connectivity index (χ3v) is 2.77. The van der Waals surface area contributed by atoms with E-state index in [0.29, 0.717) is 5.69 Å². The maximum absolute atomic E-state index is 12.1. The number of thioether (sulfide) groups is 1. The Kier molecular flexibility index (Phi) is 2.95. The molecule has 1 aromatic rings. The Bertz CT molecular complexity index is 279. The number of H-pyrrole nitrogens is 1. The first-order valence-corrected chi connectivity index (χ1v) is 5.03. The Morgan fingerprint density at radius 1 is 1.38 bits per heavy atom. The van der Waals surface area contributed by atoms with Crippen LogP contribution < -0.4 is 0 Å². The zero-order valence-corrected chi connectivity index (χ0v) is 8.09. The summed E-state index contributed by atoms with van der Waals surface area (Å²) in [6.45, 7) is 1.86. The zero-order chi connectivity index (χ0) is 10.1. The summed E-state index contributed by atoms with van der Waals surface area (Å²) in [5, 5.41) is 0.0658. The van der Waals surface area contributed by atoms with E-state index in [4.69, 9.17) is 0 Å². The Morgan fingerprint density at radius 2 is 2.00 bits per heavy atom. The Balaban J connectivity index is 2.87. The van der Waals surface area contributed by atoms with Gasteiger partial charge in [0.2, 0.25) is 0 Å². The van der Waals surface area contributed by atoms with Crippen LogP contribution in [0.25, 0.3) is 0 Å². The molecule has 1 atom stereocenters. The molecule has 5 heteroatoms.